The van der Waals surface area contributed by atoms with Crippen molar-refractivity contribution in [1.82, 2.24) is 0 Å². The highest BCUT2D eigenvalue weighted by atomic mass is 32.2. The molecule has 0 saturated carbocycles. The third kappa shape index (κ3) is 4.37. The monoisotopic (exact) mass is 274 g/mol. The van der Waals surface area contributed by atoms with Gasteiger partial charge in [0.05, 0.1) is 17.9 Å². The zero-order chi connectivity index (χ0) is 12.8. The molecule has 0 fully saturated rings. The number of nitrogens with two attached hydrogens (primary N) is 1. The predicted octanol–water partition coefficient (Wildman–Crippen LogP) is 0.899. The summed E-state index contributed by atoms with van der Waals surface area (Å²) in [6, 6.07) is 1.58. The van der Waals surface area contributed by atoms with E-state index in [1.807, 2.05) is 6.92 Å². The summed E-state index contributed by atoms with van der Waals surface area (Å²) in [7, 11) is 0. The molecule has 4 N–H and O–H groups in total. The van der Waals surface area contributed by atoms with Gasteiger partial charge in [0.1, 0.15) is 5.00 Å². The molecule has 0 aliphatic rings. The summed E-state index contributed by atoms with van der Waals surface area (Å²) in [4.78, 5) is 22.6. The van der Waals surface area contributed by atoms with Gasteiger partial charge < -0.3 is 16.2 Å². The van der Waals surface area contributed by atoms with Crippen LogP contribution in [0.5, 0.6) is 0 Å². The number of carbonyl (C=O) groups excluding carboxylic acids is 2. The van der Waals surface area contributed by atoms with Crippen LogP contribution in [-0.2, 0) is 4.79 Å². The summed E-state index contributed by atoms with van der Waals surface area (Å²) in [6.45, 7) is 1.86. The number of amides is 2. The third-order valence-corrected chi connectivity index (χ3v) is 3.92. The van der Waals surface area contributed by atoms with E-state index in [0.717, 1.165) is 0 Å². The largest absolute Gasteiger partial charge is 0.395 e. The van der Waals surface area contributed by atoms with Gasteiger partial charge in [-0.2, -0.15) is 0 Å². The van der Waals surface area contributed by atoms with Crippen LogP contribution >= 0.6 is 23.1 Å². The molecular weight excluding hydrogens is 260 g/mol. The Hall–Kier alpha value is -1.05. The Morgan fingerprint density at radius 3 is 2.94 bits per heavy atom. The van der Waals surface area contributed by atoms with Gasteiger partial charge in [-0.05, 0) is 11.4 Å². The number of anilines is 1. The maximum atomic E-state index is 11.5. The molecule has 1 atom stereocenters. The Morgan fingerprint density at radius 2 is 2.35 bits per heavy atom. The fourth-order valence-corrected chi connectivity index (χ4v) is 2.46. The molecule has 0 aromatic carbocycles. The van der Waals surface area contributed by atoms with Gasteiger partial charge in [0.2, 0.25) is 5.91 Å². The molecule has 1 aromatic heterocycles. The molecular formula is C10H14N2O3S2. The SMILES string of the molecule is CC(CO)SCC(=O)Nc1sccc1C(N)=O. The minimum atomic E-state index is -0.557. The first-order chi connectivity index (χ1) is 8.04. The molecule has 0 aliphatic carbocycles. The molecule has 1 unspecified atom stereocenters. The molecule has 0 aliphatic heterocycles. The standard InChI is InChI=1S/C10H14N2O3S2/c1-6(4-13)17-5-8(14)12-10-7(9(11)15)2-3-16-10/h2-3,6,13H,4-5H2,1H3,(H2,11,15)(H,12,14). The lowest BCUT2D eigenvalue weighted by Crippen LogP contribution is -2.19. The number of hydrogen-bond acceptors (Lipinski definition) is 5. The van der Waals surface area contributed by atoms with Crippen LogP contribution in [0.1, 0.15) is 17.3 Å². The number of hydrogen-bond donors (Lipinski definition) is 3. The predicted molar refractivity (Wildman–Crippen MR) is 70.5 cm³/mol. The Kier molecular flexibility index (Phi) is 5.46. The van der Waals surface area contributed by atoms with E-state index in [0.29, 0.717) is 10.6 Å². The lowest BCUT2D eigenvalue weighted by molar-refractivity contribution is -0.113. The molecule has 1 heterocycles. The van der Waals surface area contributed by atoms with Crippen molar-refractivity contribution in [3.05, 3.63) is 17.0 Å². The summed E-state index contributed by atoms with van der Waals surface area (Å²) < 4.78 is 0. The van der Waals surface area contributed by atoms with Gasteiger partial charge in [-0.3, -0.25) is 9.59 Å². The average Bonchev–Trinajstić information content (AvgIpc) is 2.74. The van der Waals surface area contributed by atoms with Crippen LogP contribution in [0.3, 0.4) is 0 Å². The van der Waals surface area contributed by atoms with E-state index in [4.69, 9.17) is 10.8 Å². The van der Waals surface area contributed by atoms with Crippen molar-refractivity contribution in [2.75, 3.05) is 17.7 Å². The van der Waals surface area contributed by atoms with Gasteiger partial charge in [-0.15, -0.1) is 23.1 Å². The minimum absolute atomic E-state index is 0.0136. The number of aliphatic hydroxyl groups is 1. The van der Waals surface area contributed by atoms with Crippen LogP contribution in [0.4, 0.5) is 5.00 Å². The second-order valence-corrected chi connectivity index (χ2v) is 5.72. The van der Waals surface area contributed by atoms with E-state index < -0.39 is 5.91 Å². The topological polar surface area (TPSA) is 92.4 Å². The molecule has 0 saturated heterocycles. The first-order valence-electron chi connectivity index (χ1n) is 4.94. The van der Waals surface area contributed by atoms with Crippen molar-refractivity contribution < 1.29 is 14.7 Å². The van der Waals surface area contributed by atoms with Gasteiger partial charge >= 0.3 is 0 Å². The Labute approximate surface area is 107 Å². The number of nitrogens with one attached hydrogen (secondary N) is 1. The van der Waals surface area contributed by atoms with Crippen LogP contribution in [0.15, 0.2) is 11.4 Å². The van der Waals surface area contributed by atoms with Crippen molar-refractivity contribution in [2.24, 2.45) is 5.73 Å². The van der Waals surface area contributed by atoms with Gasteiger partial charge in [0.15, 0.2) is 0 Å². The molecule has 2 amide bonds. The lowest BCUT2D eigenvalue weighted by atomic mass is 10.3. The quantitative estimate of drug-likeness (QED) is 0.718. The molecule has 17 heavy (non-hydrogen) atoms. The summed E-state index contributed by atoms with van der Waals surface area (Å²) in [5.41, 5.74) is 5.48. The van der Waals surface area contributed by atoms with Gasteiger partial charge in [0.25, 0.3) is 5.91 Å². The summed E-state index contributed by atoms with van der Waals surface area (Å²) in [6.07, 6.45) is 0. The van der Waals surface area contributed by atoms with Gasteiger partial charge in [-0.25, -0.2) is 0 Å². The van der Waals surface area contributed by atoms with Crippen molar-refractivity contribution in [2.45, 2.75) is 12.2 Å². The van der Waals surface area contributed by atoms with E-state index in [2.05, 4.69) is 5.32 Å². The third-order valence-electron chi connectivity index (χ3n) is 1.94. The molecule has 0 radical (unpaired) electrons. The van der Waals surface area contributed by atoms with E-state index in [-0.39, 0.29) is 23.5 Å². The maximum absolute atomic E-state index is 11.5. The van der Waals surface area contributed by atoms with Crippen LogP contribution in [0.25, 0.3) is 0 Å². The fraction of sp³-hybridized carbons (Fsp3) is 0.400. The summed E-state index contributed by atoms with van der Waals surface area (Å²) in [5.74, 6) is -0.532. The van der Waals surface area contributed by atoms with Crippen molar-refractivity contribution in [3.63, 3.8) is 0 Å². The molecule has 0 bridgehead atoms. The smallest absolute Gasteiger partial charge is 0.251 e. The van der Waals surface area contributed by atoms with E-state index >= 15 is 0 Å². The number of rotatable bonds is 6. The molecule has 7 heteroatoms. The molecule has 0 spiro atoms. The number of aliphatic hydroxyl groups excluding tert-OH is 1. The van der Waals surface area contributed by atoms with Crippen LogP contribution in [0.2, 0.25) is 0 Å². The van der Waals surface area contributed by atoms with E-state index in [1.165, 1.54) is 23.1 Å². The first kappa shape index (κ1) is 14.0. The highest BCUT2D eigenvalue weighted by molar-refractivity contribution is 8.00. The number of thioether (sulfide) groups is 1. The Balaban J connectivity index is 2.51. The number of primary amides is 1. The maximum Gasteiger partial charge on any atom is 0.251 e. The molecule has 94 valence electrons. The normalized spacial score (nSPS) is 12.1. The van der Waals surface area contributed by atoms with Crippen molar-refractivity contribution in [1.29, 1.82) is 0 Å². The first-order valence-corrected chi connectivity index (χ1v) is 6.87. The van der Waals surface area contributed by atoms with E-state index in [9.17, 15) is 9.59 Å². The summed E-state index contributed by atoms with van der Waals surface area (Å²) in [5, 5.41) is 13.6. The number of carbonyl (C=O) groups is 2. The zero-order valence-corrected chi connectivity index (χ0v) is 10.9. The highest BCUT2D eigenvalue weighted by Gasteiger charge is 2.13. The second kappa shape index (κ2) is 6.63. The Bertz CT molecular complexity index is 406. The van der Waals surface area contributed by atoms with E-state index in [1.54, 1.807) is 11.4 Å². The fourth-order valence-electron chi connectivity index (χ4n) is 1.03. The highest BCUT2D eigenvalue weighted by Crippen LogP contribution is 2.23. The molecule has 5 nitrogen and oxygen atoms in total. The van der Waals surface area contributed by atoms with Crippen molar-refractivity contribution in [3.8, 4) is 0 Å². The zero-order valence-electron chi connectivity index (χ0n) is 9.30. The summed E-state index contributed by atoms with van der Waals surface area (Å²) >= 11 is 2.60. The number of thiophene rings is 1. The van der Waals surface area contributed by atoms with Crippen LogP contribution < -0.4 is 11.1 Å². The van der Waals surface area contributed by atoms with Gasteiger partial charge in [-0.1, -0.05) is 6.92 Å². The Morgan fingerprint density at radius 1 is 1.65 bits per heavy atom. The average molecular weight is 274 g/mol. The molecule has 1 aromatic rings. The molecule has 1 rings (SSSR count). The lowest BCUT2D eigenvalue weighted by Gasteiger charge is -2.07. The van der Waals surface area contributed by atoms with Crippen LogP contribution in [0, 0.1) is 0 Å². The van der Waals surface area contributed by atoms with Crippen molar-refractivity contribution >= 4 is 39.9 Å². The second-order valence-electron chi connectivity index (χ2n) is 3.38. The van der Waals surface area contributed by atoms with Crippen LogP contribution in [-0.4, -0.2) is 34.5 Å². The van der Waals surface area contributed by atoms with Gasteiger partial charge in [0, 0.05) is 5.25 Å². The minimum Gasteiger partial charge on any atom is -0.395 e.